The van der Waals surface area contributed by atoms with E-state index in [9.17, 15) is 9.59 Å². The van der Waals surface area contributed by atoms with Gasteiger partial charge in [-0.2, -0.15) is 0 Å². The van der Waals surface area contributed by atoms with E-state index in [1.54, 1.807) is 0 Å². The highest BCUT2D eigenvalue weighted by Gasteiger charge is 2.22. The van der Waals surface area contributed by atoms with Gasteiger partial charge in [-0.1, -0.05) is 143 Å². The van der Waals surface area contributed by atoms with E-state index in [1.165, 1.54) is 96.3 Å². The molecule has 0 aliphatic rings. The highest BCUT2D eigenvalue weighted by atomic mass is 16.6. The van der Waals surface area contributed by atoms with Crippen molar-refractivity contribution in [1.29, 1.82) is 0 Å². The highest BCUT2D eigenvalue weighted by molar-refractivity contribution is 5.72. The zero-order valence-corrected chi connectivity index (χ0v) is 28.3. The molecule has 0 bridgehead atoms. The summed E-state index contributed by atoms with van der Waals surface area (Å²) in [4.78, 5) is 27.7. The van der Waals surface area contributed by atoms with E-state index in [1.807, 2.05) is 14.1 Å². The van der Waals surface area contributed by atoms with Gasteiger partial charge in [0.25, 0.3) is 0 Å². The fraction of sp³-hybridized carbons (Fsp3) is 0.944. The lowest BCUT2D eigenvalue weighted by Crippen LogP contribution is -2.28. The lowest BCUT2D eigenvalue weighted by Gasteiger charge is -2.21. The average Bonchev–Trinajstić information content (AvgIpc) is 2.95. The van der Waals surface area contributed by atoms with Crippen LogP contribution in [0.15, 0.2) is 0 Å². The molecule has 0 aromatic rings. The Labute approximate surface area is 256 Å². The van der Waals surface area contributed by atoms with E-state index in [-0.39, 0.29) is 30.6 Å². The third kappa shape index (κ3) is 27.5. The lowest BCUT2D eigenvalue weighted by molar-refractivity contribution is -0.162. The Morgan fingerprint density at radius 1 is 0.561 bits per heavy atom. The van der Waals surface area contributed by atoms with Gasteiger partial charge in [-0.25, -0.2) is 0 Å². The van der Waals surface area contributed by atoms with E-state index in [0.717, 1.165) is 64.3 Å². The van der Waals surface area contributed by atoms with Gasteiger partial charge in [0.15, 0.2) is 0 Å². The second kappa shape index (κ2) is 30.4. The van der Waals surface area contributed by atoms with Crippen LogP contribution in [-0.2, 0) is 19.1 Å². The molecule has 0 fully saturated rings. The fourth-order valence-corrected chi connectivity index (χ4v) is 5.47. The van der Waals surface area contributed by atoms with Gasteiger partial charge in [0.05, 0.1) is 5.92 Å². The number of unbranched alkanes of at least 4 members (excludes halogenated alkanes) is 17. The summed E-state index contributed by atoms with van der Waals surface area (Å²) in [5.41, 5.74) is 0. The number of hydrogen-bond acceptors (Lipinski definition) is 5. The molecule has 0 heterocycles. The summed E-state index contributed by atoms with van der Waals surface area (Å²) in [6.07, 6.45) is 28.6. The molecule has 0 aliphatic carbocycles. The largest absolute Gasteiger partial charge is 0.462 e. The van der Waals surface area contributed by atoms with Crippen LogP contribution in [-0.4, -0.2) is 50.2 Å². The molecule has 244 valence electrons. The smallest absolute Gasteiger partial charge is 0.309 e. The minimum absolute atomic E-state index is 0.0245. The standard InChI is InChI=1S/C36H71NO4/c1-6-9-12-14-16-18-19-20-22-24-28-33(27-11-8-3)36(39)40-32-34(41-35(38)30-26-31-37(4)5)29-25-23-21-17-15-13-10-7-2/h33-34H,6-32H2,1-5H3. The molecule has 0 saturated heterocycles. The Morgan fingerprint density at radius 3 is 1.49 bits per heavy atom. The third-order valence-corrected chi connectivity index (χ3v) is 8.22. The van der Waals surface area contributed by atoms with Crippen LogP contribution in [0, 0.1) is 5.92 Å². The second-order valence-electron chi connectivity index (χ2n) is 12.7. The molecule has 41 heavy (non-hydrogen) atoms. The molecule has 0 radical (unpaired) electrons. The second-order valence-corrected chi connectivity index (χ2v) is 12.7. The van der Waals surface area contributed by atoms with Crippen LogP contribution < -0.4 is 0 Å². The van der Waals surface area contributed by atoms with E-state index in [2.05, 4.69) is 25.7 Å². The van der Waals surface area contributed by atoms with Crippen molar-refractivity contribution in [2.45, 2.75) is 187 Å². The summed E-state index contributed by atoms with van der Waals surface area (Å²) in [6.45, 7) is 7.76. The van der Waals surface area contributed by atoms with Crippen LogP contribution >= 0.6 is 0 Å². The van der Waals surface area contributed by atoms with Crippen molar-refractivity contribution in [3.63, 3.8) is 0 Å². The van der Waals surface area contributed by atoms with Crippen molar-refractivity contribution < 1.29 is 19.1 Å². The monoisotopic (exact) mass is 582 g/mol. The Bertz CT molecular complexity index is 580. The third-order valence-electron chi connectivity index (χ3n) is 8.22. The van der Waals surface area contributed by atoms with Crippen LogP contribution in [0.2, 0.25) is 0 Å². The maximum Gasteiger partial charge on any atom is 0.309 e. The van der Waals surface area contributed by atoms with Crippen LogP contribution in [0.5, 0.6) is 0 Å². The number of nitrogens with zero attached hydrogens (tertiary/aromatic N) is 1. The van der Waals surface area contributed by atoms with Gasteiger partial charge in [0.1, 0.15) is 12.7 Å². The van der Waals surface area contributed by atoms with E-state index >= 15 is 0 Å². The normalized spacial score (nSPS) is 12.9. The number of carbonyl (C=O) groups excluding carboxylic acids is 2. The quantitative estimate of drug-likeness (QED) is 0.0602. The van der Waals surface area contributed by atoms with Crippen LogP contribution in [0.25, 0.3) is 0 Å². The van der Waals surface area contributed by atoms with Crippen LogP contribution in [0.3, 0.4) is 0 Å². The molecule has 0 aromatic carbocycles. The van der Waals surface area contributed by atoms with Crippen molar-refractivity contribution in [2.75, 3.05) is 27.2 Å². The minimum Gasteiger partial charge on any atom is -0.462 e. The fourth-order valence-electron chi connectivity index (χ4n) is 5.47. The summed E-state index contributed by atoms with van der Waals surface area (Å²) in [7, 11) is 4.03. The Kier molecular flexibility index (Phi) is 29.5. The molecule has 0 rings (SSSR count). The molecule has 0 amide bonds. The molecule has 0 aromatic heterocycles. The summed E-state index contributed by atoms with van der Waals surface area (Å²) < 4.78 is 11.7. The molecule has 2 unspecified atom stereocenters. The molecule has 0 spiro atoms. The van der Waals surface area contributed by atoms with E-state index < -0.39 is 0 Å². The first kappa shape index (κ1) is 39.9. The molecular formula is C36H71NO4. The Hall–Kier alpha value is -1.10. The first-order valence-corrected chi connectivity index (χ1v) is 17.9. The molecule has 5 heteroatoms. The summed E-state index contributed by atoms with van der Waals surface area (Å²) >= 11 is 0. The molecule has 0 saturated carbocycles. The van der Waals surface area contributed by atoms with Crippen molar-refractivity contribution in [3.05, 3.63) is 0 Å². The predicted molar refractivity (Wildman–Crippen MR) is 175 cm³/mol. The van der Waals surface area contributed by atoms with Crippen LogP contribution in [0.4, 0.5) is 0 Å². The number of ether oxygens (including phenoxy) is 2. The maximum atomic E-state index is 13.1. The van der Waals surface area contributed by atoms with Gasteiger partial charge in [-0.15, -0.1) is 0 Å². The first-order valence-electron chi connectivity index (χ1n) is 17.9. The number of hydrogen-bond donors (Lipinski definition) is 0. The SMILES string of the molecule is CCCCCCCCCCCCC(CCCC)C(=O)OCC(CCCCCCCCCC)OC(=O)CCCN(C)C. The van der Waals surface area contributed by atoms with Crippen molar-refractivity contribution >= 4 is 11.9 Å². The molecule has 2 atom stereocenters. The molecule has 0 aliphatic heterocycles. The zero-order valence-electron chi connectivity index (χ0n) is 28.3. The number of rotatable bonds is 31. The lowest BCUT2D eigenvalue weighted by atomic mass is 9.95. The topological polar surface area (TPSA) is 55.8 Å². The minimum atomic E-state index is -0.324. The van der Waals surface area contributed by atoms with Gasteiger partial charge < -0.3 is 14.4 Å². The number of carbonyl (C=O) groups is 2. The van der Waals surface area contributed by atoms with Gasteiger partial charge in [0.2, 0.25) is 0 Å². The predicted octanol–water partition coefficient (Wildman–Crippen LogP) is 10.4. The van der Waals surface area contributed by atoms with Crippen LogP contribution in [0.1, 0.15) is 181 Å². The summed E-state index contributed by atoms with van der Waals surface area (Å²) in [6, 6.07) is 0. The van der Waals surface area contributed by atoms with Crippen molar-refractivity contribution in [1.82, 2.24) is 4.90 Å². The maximum absolute atomic E-state index is 13.1. The summed E-state index contributed by atoms with van der Waals surface area (Å²) in [5.74, 6) is -0.275. The van der Waals surface area contributed by atoms with E-state index in [4.69, 9.17) is 9.47 Å². The Morgan fingerprint density at radius 2 is 1.00 bits per heavy atom. The van der Waals surface area contributed by atoms with Gasteiger partial charge in [-0.3, -0.25) is 9.59 Å². The number of esters is 2. The van der Waals surface area contributed by atoms with E-state index in [0.29, 0.717) is 6.42 Å². The average molecular weight is 582 g/mol. The molecule has 0 N–H and O–H groups in total. The summed E-state index contributed by atoms with van der Waals surface area (Å²) in [5, 5.41) is 0. The van der Waals surface area contributed by atoms with Crippen molar-refractivity contribution in [2.24, 2.45) is 5.92 Å². The van der Waals surface area contributed by atoms with Gasteiger partial charge >= 0.3 is 11.9 Å². The molecule has 5 nitrogen and oxygen atoms in total. The molecular weight excluding hydrogens is 510 g/mol. The first-order chi connectivity index (χ1) is 19.9. The van der Waals surface area contributed by atoms with Gasteiger partial charge in [0, 0.05) is 6.42 Å². The zero-order chi connectivity index (χ0) is 30.4. The Balaban J connectivity index is 4.58. The highest BCUT2D eigenvalue weighted by Crippen LogP contribution is 2.21. The van der Waals surface area contributed by atoms with Crippen molar-refractivity contribution in [3.8, 4) is 0 Å². The van der Waals surface area contributed by atoms with Gasteiger partial charge in [-0.05, 0) is 52.7 Å².